The van der Waals surface area contributed by atoms with Crippen LogP contribution in [0.4, 0.5) is 0 Å². The second-order valence-electron chi connectivity index (χ2n) is 9.01. The average molecular weight is 403 g/mol. The van der Waals surface area contributed by atoms with E-state index in [9.17, 15) is 4.79 Å². The van der Waals surface area contributed by atoms with Gasteiger partial charge in [0.2, 0.25) is 6.41 Å². The largest absolute Gasteiger partial charge is 0.493 e. The van der Waals surface area contributed by atoms with Crippen molar-refractivity contribution in [2.24, 2.45) is 10.8 Å². The molecular weight excluding hydrogens is 360 g/mol. The Morgan fingerprint density at radius 3 is 2.52 bits per heavy atom. The zero-order chi connectivity index (χ0) is 21.9. The number of ether oxygens (including phenoxy) is 1. The van der Waals surface area contributed by atoms with Gasteiger partial charge in [0.15, 0.2) is 0 Å². The number of hydrogen-bond acceptors (Lipinski definition) is 3. The Morgan fingerprint density at radius 1 is 1.31 bits per heavy atom. The zero-order valence-corrected chi connectivity index (χ0v) is 19.6. The molecule has 0 heterocycles. The molecule has 0 saturated carbocycles. The fourth-order valence-electron chi connectivity index (χ4n) is 4.12. The quantitative estimate of drug-likeness (QED) is 0.387. The Labute approximate surface area is 178 Å². The van der Waals surface area contributed by atoms with E-state index < -0.39 is 0 Å². The van der Waals surface area contributed by atoms with Gasteiger partial charge in [-0.3, -0.25) is 4.79 Å². The van der Waals surface area contributed by atoms with Gasteiger partial charge in [0, 0.05) is 23.9 Å². The van der Waals surface area contributed by atoms with Crippen LogP contribution in [0.15, 0.2) is 48.0 Å². The van der Waals surface area contributed by atoms with Gasteiger partial charge in [-0.25, -0.2) is 0 Å². The number of rotatable bonds is 13. The highest BCUT2D eigenvalue weighted by Gasteiger charge is 2.25. The maximum atomic E-state index is 11.0. The summed E-state index contributed by atoms with van der Waals surface area (Å²) in [6.45, 7) is 13.9. The molecule has 29 heavy (non-hydrogen) atoms. The number of carbonyl (C=O) groups excluding carboxylic acids is 1. The van der Waals surface area contributed by atoms with Crippen LogP contribution in [0.25, 0.3) is 0 Å². The van der Waals surface area contributed by atoms with Crippen molar-refractivity contribution >= 4 is 6.41 Å². The molecular formula is C25H42N2O2. The van der Waals surface area contributed by atoms with Crippen LogP contribution in [0, 0.1) is 10.8 Å². The fourth-order valence-corrected chi connectivity index (χ4v) is 4.12. The van der Waals surface area contributed by atoms with Gasteiger partial charge in [-0.15, -0.1) is 0 Å². The lowest BCUT2D eigenvalue weighted by molar-refractivity contribution is -0.115. The molecule has 0 spiro atoms. The van der Waals surface area contributed by atoms with E-state index >= 15 is 0 Å². The van der Waals surface area contributed by atoms with Gasteiger partial charge < -0.3 is 15.0 Å². The molecule has 1 aliphatic carbocycles. The van der Waals surface area contributed by atoms with E-state index in [2.05, 4.69) is 70.3 Å². The summed E-state index contributed by atoms with van der Waals surface area (Å²) in [6, 6.07) is 0.211. The van der Waals surface area contributed by atoms with Gasteiger partial charge in [0.05, 0.1) is 6.61 Å². The molecule has 0 aromatic carbocycles. The summed E-state index contributed by atoms with van der Waals surface area (Å²) < 4.78 is 6.21. The molecule has 2 unspecified atom stereocenters. The van der Waals surface area contributed by atoms with Crippen LogP contribution < -0.4 is 5.32 Å². The lowest BCUT2D eigenvalue weighted by atomic mass is 9.82. The normalized spacial score (nSPS) is 20.7. The molecule has 4 heteroatoms. The smallest absolute Gasteiger partial charge is 0.214 e. The van der Waals surface area contributed by atoms with Crippen molar-refractivity contribution in [2.45, 2.75) is 79.7 Å². The molecule has 0 aromatic heterocycles. The SMILES string of the molecule is C/C=C(\NC(C)CC1(C)C=CC=C(OCC(C)(CCC)CCC)C=C1)N(C)C=O. The van der Waals surface area contributed by atoms with Crippen LogP contribution >= 0.6 is 0 Å². The van der Waals surface area contributed by atoms with Crippen LogP contribution in [0.3, 0.4) is 0 Å². The van der Waals surface area contributed by atoms with Crippen molar-refractivity contribution in [1.29, 1.82) is 0 Å². The Bertz CT molecular complexity index is 627. The van der Waals surface area contributed by atoms with Crippen molar-refractivity contribution in [3.8, 4) is 0 Å². The van der Waals surface area contributed by atoms with Crippen molar-refractivity contribution < 1.29 is 9.53 Å². The standard InChI is InChI=1S/C25H42N2O2/c1-8-14-25(6,15-9-2)19-29-22-12-11-16-24(5,17-13-22)18-21(4)26-23(10-3)27(7)20-28/h10-13,16-17,20-21,26H,8-9,14-15,18-19H2,1-7H3/b23-10+. The summed E-state index contributed by atoms with van der Waals surface area (Å²) in [5.74, 6) is 1.75. The molecule has 0 aliphatic heterocycles. The predicted octanol–water partition coefficient (Wildman–Crippen LogP) is 5.94. The van der Waals surface area contributed by atoms with E-state index in [4.69, 9.17) is 4.74 Å². The van der Waals surface area contributed by atoms with Gasteiger partial charge in [-0.05, 0) is 51.3 Å². The van der Waals surface area contributed by atoms with Gasteiger partial charge >= 0.3 is 0 Å². The van der Waals surface area contributed by atoms with E-state index in [1.165, 1.54) is 25.7 Å². The Morgan fingerprint density at radius 2 is 1.97 bits per heavy atom. The minimum absolute atomic E-state index is 0.0806. The summed E-state index contributed by atoms with van der Waals surface area (Å²) in [6.07, 6.45) is 19.1. The van der Waals surface area contributed by atoms with Crippen LogP contribution in [0.1, 0.15) is 73.6 Å². The van der Waals surface area contributed by atoms with E-state index in [1.807, 2.05) is 13.0 Å². The zero-order valence-electron chi connectivity index (χ0n) is 19.6. The molecule has 1 amide bonds. The molecule has 0 aromatic rings. The number of amides is 1. The lowest BCUT2D eigenvalue weighted by Crippen LogP contribution is -2.36. The Kier molecular flexibility index (Phi) is 10.3. The number of hydrogen-bond donors (Lipinski definition) is 1. The Hall–Kier alpha value is -1.97. The van der Waals surface area contributed by atoms with Gasteiger partial charge in [0.1, 0.15) is 11.6 Å². The third-order valence-electron chi connectivity index (χ3n) is 5.61. The minimum Gasteiger partial charge on any atom is -0.493 e. The summed E-state index contributed by atoms with van der Waals surface area (Å²) in [5.41, 5.74) is 0.159. The van der Waals surface area contributed by atoms with E-state index in [1.54, 1.807) is 11.9 Å². The average Bonchev–Trinajstić information content (AvgIpc) is 2.85. The van der Waals surface area contributed by atoms with Crippen LogP contribution in [-0.4, -0.2) is 31.0 Å². The molecule has 0 radical (unpaired) electrons. The second-order valence-corrected chi connectivity index (χ2v) is 9.01. The van der Waals surface area contributed by atoms with Crippen molar-refractivity contribution in [1.82, 2.24) is 10.2 Å². The van der Waals surface area contributed by atoms with E-state index in [0.29, 0.717) is 0 Å². The molecule has 1 N–H and O–H groups in total. The summed E-state index contributed by atoms with van der Waals surface area (Å²) in [4.78, 5) is 12.6. The highest BCUT2D eigenvalue weighted by Crippen LogP contribution is 2.33. The molecule has 0 saturated heterocycles. The fraction of sp³-hybridized carbons (Fsp3) is 0.640. The van der Waals surface area contributed by atoms with E-state index in [0.717, 1.165) is 31.0 Å². The lowest BCUT2D eigenvalue weighted by Gasteiger charge is -2.29. The minimum atomic E-state index is -0.0806. The maximum Gasteiger partial charge on any atom is 0.214 e. The molecule has 164 valence electrons. The first-order valence-electron chi connectivity index (χ1n) is 11.0. The monoisotopic (exact) mass is 402 g/mol. The topological polar surface area (TPSA) is 41.6 Å². The molecule has 0 fully saturated rings. The predicted molar refractivity (Wildman–Crippen MR) is 123 cm³/mol. The maximum absolute atomic E-state index is 11.0. The van der Waals surface area contributed by atoms with Crippen LogP contribution in [0.5, 0.6) is 0 Å². The van der Waals surface area contributed by atoms with Gasteiger partial charge in [-0.2, -0.15) is 0 Å². The number of nitrogens with zero attached hydrogens (tertiary/aromatic N) is 1. The number of allylic oxidation sites excluding steroid dienone is 6. The number of nitrogens with one attached hydrogen (secondary N) is 1. The molecule has 1 rings (SSSR count). The summed E-state index contributed by atoms with van der Waals surface area (Å²) in [5, 5.41) is 3.43. The third-order valence-corrected chi connectivity index (χ3v) is 5.61. The van der Waals surface area contributed by atoms with Crippen molar-refractivity contribution in [2.75, 3.05) is 13.7 Å². The number of carbonyl (C=O) groups is 1. The first-order chi connectivity index (χ1) is 13.7. The van der Waals surface area contributed by atoms with Gasteiger partial charge in [-0.1, -0.05) is 58.8 Å². The Balaban J connectivity index is 2.71. The molecule has 4 nitrogen and oxygen atoms in total. The highest BCUT2D eigenvalue weighted by atomic mass is 16.5. The first kappa shape index (κ1) is 25.1. The van der Waals surface area contributed by atoms with Crippen LogP contribution in [0.2, 0.25) is 0 Å². The highest BCUT2D eigenvalue weighted by molar-refractivity contribution is 5.50. The first-order valence-corrected chi connectivity index (χ1v) is 11.0. The molecule has 1 aliphatic rings. The summed E-state index contributed by atoms with van der Waals surface area (Å²) in [7, 11) is 1.76. The van der Waals surface area contributed by atoms with E-state index in [-0.39, 0.29) is 16.9 Å². The molecule has 0 bridgehead atoms. The van der Waals surface area contributed by atoms with Crippen LogP contribution in [-0.2, 0) is 9.53 Å². The second kappa shape index (κ2) is 11.9. The molecule has 2 atom stereocenters. The third kappa shape index (κ3) is 8.51. The van der Waals surface area contributed by atoms with Crippen molar-refractivity contribution in [3.63, 3.8) is 0 Å². The van der Waals surface area contributed by atoms with Crippen molar-refractivity contribution in [3.05, 3.63) is 48.0 Å². The summed E-state index contributed by atoms with van der Waals surface area (Å²) >= 11 is 0. The van der Waals surface area contributed by atoms with Gasteiger partial charge in [0.25, 0.3) is 0 Å².